The Labute approximate surface area is 94.5 Å². The van der Waals surface area contributed by atoms with Crippen LogP contribution in [0.2, 0.25) is 0 Å². The number of ketones is 1. The molecule has 1 heterocycles. The van der Waals surface area contributed by atoms with E-state index in [1.54, 1.807) is 0 Å². The van der Waals surface area contributed by atoms with Gasteiger partial charge in [-0.25, -0.2) is 9.18 Å². The van der Waals surface area contributed by atoms with Gasteiger partial charge < -0.3 is 4.98 Å². The third kappa shape index (κ3) is 1.89. The molecule has 0 unspecified atom stereocenters. The number of nitrogens with one attached hydrogen (secondary N) is 1. The minimum atomic E-state index is -0.794. The molecule has 0 spiro atoms. The Morgan fingerprint density at radius 2 is 2.12 bits per heavy atom. The maximum absolute atomic E-state index is 13.5. The van der Waals surface area contributed by atoms with Crippen LogP contribution in [0.3, 0.4) is 0 Å². The first kappa shape index (κ1) is 11.3. The number of hydrogen-bond donors (Lipinski definition) is 1. The van der Waals surface area contributed by atoms with Crippen molar-refractivity contribution >= 4 is 16.7 Å². The molecular formula is C11H9FN2O3. The number of carbonyl (C=O) groups is 1. The minimum Gasteiger partial charge on any atom is -0.307 e. The Hall–Kier alpha value is -2.24. The third-order valence-electron chi connectivity index (χ3n) is 2.34. The number of nitrogens with zero attached hydrogens (tertiary/aromatic N) is 1. The van der Waals surface area contributed by atoms with E-state index in [9.17, 15) is 18.8 Å². The van der Waals surface area contributed by atoms with Crippen LogP contribution in [0.1, 0.15) is 6.92 Å². The van der Waals surface area contributed by atoms with Gasteiger partial charge in [-0.3, -0.25) is 14.2 Å². The summed E-state index contributed by atoms with van der Waals surface area (Å²) in [6, 6.07) is 3.95. The Morgan fingerprint density at radius 1 is 1.41 bits per heavy atom. The molecule has 0 bridgehead atoms. The number of Topliss-reactive ketones (excluding diaryl/α,β-unsaturated/α-hetero) is 1. The van der Waals surface area contributed by atoms with Crippen molar-refractivity contribution in [2.75, 3.05) is 0 Å². The van der Waals surface area contributed by atoms with Crippen LogP contribution in [-0.4, -0.2) is 15.3 Å². The average Bonchev–Trinajstić information content (AvgIpc) is 2.23. The number of carbonyl (C=O) groups excluding carboxylic acids is 1. The first-order valence-corrected chi connectivity index (χ1v) is 4.91. The summed E-state index contributed by atoms with van der Waals surface area (Å²) in [5.74, 6) is -1.07. The van der Waals surface area contributed by atoms with Crippen LogP contribution < -0.4 is 11.2 Å². The van der Waals surface area contributed by atoms with E-state index in [1.807, 2.05) is 0 Å². The van der Waals surface area contributed by atoms with Crippen molar-refractivity contribution in [2.45, 2.75) is 13.5 Å². The molecule has 0 amide bonds. The Kier molecular flexibility index (Phi) is 2.63. The lowest BCUT2D eigenvalue weighted by atomic mass is 10.2. The average molecular weight is 236 g/mol. The fourth-order valence-electron chi connectivity index (χ4n) is 1.62. The number of hydrogen-bond acceptors (Lipinski definition) is 3. The molecule has 0 fully saturated rings. The predicted molar refractivity (Wildman–Crippen MR) is 59.5 cm³/mol. The summed E-state index contributed by atoms with van der Waals surface area (Å²) >= 11 is 0. The Bertz CT molecular complexity index is 715. The highest BCUT2D eigenvalue weighted by Crippen LogP contribution is 2.09. The Balaban J connectivity index is 2.88. The van der Waals surface area contributed by atoms with E-state index in [0.717, 1.165) is 6.07 Å². The molecule has 0 aliphatic carbocycles. The van der Waals surface area contributed by atoms with Crippen LogP contribution in [0.5, 0.6) is 0 Å². The zero-order valence-corrected chi connectivity index (χ0v) is 8.99. The quantitative estimate of drug-likeness (QED) is 0.821. The van der Waals surface area contributed by atoms with Gasteiger partial charge in [0.25, 0.3) is 5.56 Å². The van der Waals surface area contributed by atoms with Crippen LogP contribution >= 0.6 is 0 Å². The van der Waals surface area contributed by atoms with Crippen molar-refractivity contribution in [1.29, 1.82) is 0 Å². The summed E-state index contributed by atoms with van der Waals surface area (Å²) in [7, 11) is 0. The molecule has 0 saturated heterocycles. The summed E-state index contributed by atoms with van der Waals surface area (Å²) in [4.78, 5) is 36.7. The SMILES string of the molecule is CC(=O)Cn1c(=O)[nH]c2cccc(F)c2c1=O. The molecule has 0 radical (unpaired) electrons. The lowest BCUT2D eigenvalue weighted by molar-refractivity contribution is -0.117. The summed E-state index contributed by atoms with van der Waals surface area (Å²) in [6.45, 7) is 0.885. The van der Waals surface area contributed by atoms with E-state index in [1.165, 1.54) is 19.1 Å². The van der Waals surface area contributed by atoms with Gasteiger partial charge in [-0.05, 0) is 19.1 Å². The van der Waals surface area contributed by atoms with Gasteiger partial charge in [0.2, 0.25) is 0 Å². The molecule has 0 aliphatic rings. The number of H-pyrrole nitrogens is 1. The number of rotatable bonds is 2. The molecule has 0 atom stereocenters. The standard InChI is InChI=1S/C11H9FN2O3/c1-6(15)5-14-10(16)9-7(12)3-2-4-8(9)13-11(14)17/h2-4H,5H2,1H3,(H,13,17). The predicted octanol–water partition coefficient (Wildman–Crippen LogP) is 0.418. The van der Waals surface area contributed by atoms with E-state index in [-0.39, 0.29) is 23.2 Å². The minimum absolute atomic E-state index is 0.125. The second-order valence-corrected chi connectivity index (χ2v) is 3.69. The summed E-state index contributed by atoms with van der Waals surface area (Å²) < 4.78 is 14.2. The maximum atomic E-state index is 13.5. The zero-order valence-electron chi connectivity index (χ0n) is 8.99. The summed E-state index contributed by atoms with van der Waals surface area (Å²) in [5.41, 5.74) is -1.39. The van der Waals surface area contributed by atoms with Gasteiger partial charge in [0, 0.05) is 0 Å². The number of fused-ring (bicyclic) bond motifs is 1. The normalized spacial score (nSPS) is 10.7. The maximum Gasteiger partial charge on any atom is 0.329 e. The second-order valence-electron chi connectivity index (χ2n) is 3.69. The molecule has 1 aromatic carbocycles. The Morgan fingerprint density at radius 3 is 2.76 bits per heavy atom. The highest BCUT2D eigenvalue weighted by molar-refractivity contribution is 5.79. The molecule has 6 heteroatoms. The molecule has 17 heavy (non-hydrogen) atoms. The van der Waals surface area contributed by atoms with Crippen molar-refractivity contribution in [1.82, 2.24) is 9.55 Å². The molecule has 2 aromatic rings. The molecule has 0 aliphatic heterocycles. The molecule has 0 saturated carbocycles. The number of aromatic nitrogens is 2. The number of benzene rings is 1. The lowest BCUT2D eigenvalue weighted by Crippen LogP contribution is -2.37. The molecule has 88 valence electrons. The van der Waals surface area contributed by atoms with Crippen molar-refractivity contribution in [3.63, 3.8) is 0 Å². The van der Waals surface area contributed by atoms with Crippen molar-refractivity contribution in [2.24, 2.45) is 0 Å². The largest absolute Gasteiger partial charge is 0.329 e. The highest BCUT2D eigenvalue weighted by Gasteiger charge is 2.11. The van der Waals surface area contributed by atoms with Crippen LogP contribution in [0.25, 0.3) is 10.9 Å². The molecule has 5 nitrogen and oxygen atoms in total. The molecule has 2 rings (SSSR count). The summed E-state index contributed by atoms with van der Waals surface area (Å²) in [5, 5.41) is -0.214. The molecule has 1 N–H and O–H groups in total. The van der Waals surface area contributed by atoms with E-state index < -0.39 is 17.1 Å². The zero-order chi connectivity index (χ0) is 12.6. The van der Waals surface area contributed by atoms with Crippen LogP contribution in [0, 0.1) is 5.82 Å². The monoisotopic (exact) mass is 236 g/mol. The lowest BCUT2D eigenvalue weighted by Gasteiger charge is -2.04. The van der Waals surface area contributed by atoms with E-state index >= 15 is 0 Å². The van der Waals surface area contributed by atoms with Gasteiger partial charge in [0.15, 0.2) is 0 Å². The topological polar surface area (TPSA) is 71.9 Å². The van der Waals surface area contributed by atoms with Crippen LogP contribution in [0.4, 0.5) is 4.39 Å². The fraction of sp³-hybridized carbons (Fsp3) is 0.182. The molecule has 1 aromatic heterocycles. The van der Waals surface area contributed by atoms with Gasteiger partial charge in [0.1, 0.15) is 11.6 Å². The van der Waals surface area contributed by atoms with Gasteiger partial charge in [0.05, 0.1) is 17.4 Å². The smallest absolute Gasteiger partial charge is 0.307 e. The van der Waals surface area contributed by atoms with Crippen LogP contribution in [-0.2, 0) is 11.3 Å². The van der Waals surface area contributed by atoms with E-state index in [0.29, 0.717) is 4.57 Å². The van der Waals surface area contributed by atoms with Gasteiger partial charge in [-0.15, -0.1) is 0 Å². The summed E-state index contributed by atoms with van der Waals surface area (Å²) in [6.07, 6.45) is 0. The van der Waals surface area contributed by atoms with Gasteiger partial charge in [-0.2, -0.15) is 0 Å². The highest BCUT2D eigenvalue weighted by atomic mass is 19.1. The second kappa shape index (κ2) is 3.97. The first-order chi connectivity index (χ1) is 8.00. The molecular weight excluding hydrogens is 227 g/mol. The van der Waals surface area contributed by atoms with Gasteiger partial charge >= 0.3 is 5.69 Å². The van der Waals surface area contributed by atoms with Crippen molar-refractivity contribution < 1.29 is 9.18 Å². The number of aromatic amines is 1. The van der Waals surface area contributed by atoms with E-state index in [4.69, 9.17) is 0 Å². The number of halogens is 1. The third-order valence-corrected chi connectivity index (χ3v) is 2.34. The van der Waals surface area contributed by atoms with Crippen LogP contribution in [0.15, 0.2) is 27.8 Å². The van der Waals surface area contributed by atoms with Crippen molar-refractivity contribution in [3.8, 4) is 0 Å². The first-order valence-electron chi connectivity index (χ1n) is 4.91. The van der Waals surface area contributed by atoms with Crippen molar-refractivity contribution in [3.05, 3.63) is 44.9 Å². The van der Waals surface area contributed by atoms with Gasteiger partial charge in [-0.1, -0.05) is 6.07 Å². The van der Waals surface area contributed by atoms with E-state index in [2.05, 4.69) is 4.98 Å². The fourth-order valence-corrected chi connectivity index (χ4v) is 1.62.